The molecule has 2 aliphatic carbocycles. The van der Waals surface area contributed by atoms with E-state index in [0.717, 1.165) is 47.9 Å². The highest BCUT2D eigenvalue weighted by Crippen LogP contribution is 2.33. The zero-order valence-corrected chi connectivity index (χ0v) is 48.1. The van der Waals surface area contributed by atoms with Crippen molar-refractivity contribution in [2.45, 2.75) is 148 Å². The minimum atomic E-state index is -4.08. The fourth-order valence-electron chi connectivity index (χ4n) is 11.0. The molecular weight excluding hydrogens is 1080 g/mol. The lowest BCUT2D eigenvalue weighted by molar-refractivity contribution is -0.141. The van der Waals surface area contributed by atoms with Crippen molar-refractivity contribution in [3.63, 3.8) is 0 Å². The lowest BCUT2D eigenvalue weighted by atomic mass is 9.87. The molecule has 0 aromatic heterocycles. The standard InChI is InChI=1S/C60H72N10O10S2/c1-39(61-3)55(71)65-51(59(75)69-37-43(67-81(77,78)45-25-9-7-10-26-45)35-53(69)57(73)63-49-33-19-23-41-21-15-17-29-47(41)49)31-13-5-6-14-32-52(66-56(72)40(2)62-4)60(76)70-38-44(68-82(79,80)46-27-11-8-12-28-46)36-54(70)58(74)64-50-34-20-24-42-22-16-18-30-48(42)50/h7-12,15-18,21-22,25-30,39-40,43-44,49-54,61-62,67-68H,19-20,23-24,31-38H2,1-4H3,(H,63,73)(H,64,74)(H,65,71)(H,66,72)/t39-,40-,43-,44-,49+,50+,51-,52-,53-,54-/m0/s1. The van der Waals surface area contributed by atoms with Crippen molar-refractivity contribution >= 4 is 55.5 Å². The monoisotopic (exact) mass is 1160 g/mol. The first kappa shape index (κ1) is 60.7. The normalized spacial score (nSPS) is 21.8. The maximum absolute atomic E-state index is 14.9. The van der Waals surface area contributed by atoms with Crippen molar-refractivity contribution < 1.29 is 45.6 Å². The second-order valence-electron chi connectivity index (χ2n) is 21.2. The van der Waals surface area contributed by atoms with E-state index in [2.05, 4.69) is 65.0 Å². The first-order chi connectivity index (χ1) is 39.4. The van der Waals surface area contributed by atoms with E-state index in [0.29, 0.717) is 12.8 Å². The number of amides is 6. The summed E-state index contributed by atoms with van der Waals surface area (Å²) in [5.41, 5.74) is 4.14. The summed E-state index contributed by atoms with van der Waals surface area (Å²) in [5.74, 6) is 7.68. The minimum Gasteiger partial charge on any atom is -0.347 e. The highest BCUT2D eigenvalue weighted by atomic mass is 32.2. The van der Waals surface area contributed by atoms with Crippen LogP contribution in [0.4, 0.5) is 0 Å². The van der Waals surface area contributed by atoms with Crippen LogP contribution in [0.1, 0.15) is 99.6 Å². The molecule has 6 amide bonds. The van der Waals surface area contributed by atoms with E-state index in [9.17, 15) is 45.6 Å². The van der Waals surface area contributed by atoms with Gasteiger partial charge in [-0.3, -0.25) is 28.8 Å². The van der Waals surface area contributed by atoms with Crippen LogP contribution >= 0.6 is 0 Å². The van der Waals surface area contributed by atoms with Crippen LogP contribution in [0.3, 0.4) is 0 Å². The summed E-state index contributed by atoms with van der Waals surface area (Å²) >= 11 is 0. The summed E-state index contributed by atoms with van der Waals surface area (Å²) in [6.45, 7) is 2.79. The Labute approximate surface area is 480 Å². The van der Waals surface area contributed by atoms with Gasteiger partial charge in [0.05, 0.1) is 34.0 Å². The van der Waals surface area contributed by atoms with Crippen LogP contribution in [-0.2, 0) is 61.7 Å². The van der Waals surface area contributed by atoms with Gasteiger partial charge in [0, 0.05) is 38.0 Å². The van der Waals surface area contributed by atoms with E-state index in [4.69, 9.17) is 0 Å². The van der Waals surface area contributed by atoms with Crippen LogP contribution in [0.25, 0.3) is 0 Å². The molecule has 4 aromatic rings. The second-order valence-corrected chi connectivity index (χ2v) is 24.6. The predicted molar refractivity (Wildman–Crippen MR) is 308 cm³/mol. The molecule has 0 radical (unpaired) electrons. The zero-order valence-electron chi connectivity index (χ0n) is 46.4. The highest BCUT2D eigenvalue weighted by molar-refractivity contribution is 7.89. The van der Waals surface area contributed by atoms with Gasteiger partial charge in [-0.2, -0.15) is 0 Å². The van der Waals surface area contributed by atoms with Gasteiger partial charge in [-0.25, -0.2) is 26.3 Å². The van der Waals surface area contributed by atoms with Crippen molar-refractivity contribution in [1.29, 1.82) is 0 Å². The molecule has 10 atom stereocenters. The molecule has 2 heterocycles. The third-order valence-electron chi connectivity index (χ3n) is 15.6. The maximum Gasteiger partial charge on any atom is 0.246 e. The molecule has 0 unspecified atom stereocenters. The van der Waals surface area contributed by atoms with Crippen LogP contribution < -0.4 is 41.3 Å². The Morgan fingerprint density at radius 1 is 0.537 bits per heavy atom. The Morgan fingerprint density at radius 2 is 0.902 bits per heavy atom. The van der Waals surface area contributed by atoms with Gasteiger partial charge in [-0.1, -0.05) is 96.8 Å². The van der Waals surface area contributed by atoms with E-state index in [-0.39, 0.29) is 60.6 Å². The van der Waals surface area contributed by atoms with Crippen LogP contribution in [0.15, 0.2) is 119 Å². The number of carbonyl (C=O) groups excluding carboxylic acids is 6. The van der Waals surface area contributed by atoms with Crippen LogP contribution in [0, 0.1) is 23.7 Å². The highest BCUT2D eigenvalue weighted by Gasteiger charge is 2.46. The Morgan fingerprint density at radius 3 is 1.28 bits per heavy atom. The number of benzene rings is 4. The molecule has 8 N–H and O–H groups in total. The lowest BCUT2D eigenvalue weighted by Crippen LogP contribution is -2.55. The van der Waals surface area contributed by atoms with Gasteiger partial charge in [-0.05, 0) is 138 Å². The summed E-state index contributed by atoms with van der Waals surface area (Å²) in [5, 5.41) is 17.5. The number of hydrogen-bond donors (Lipinski definition) is 8. The lowest BCUT2D eigenvalue weighted by Gasteiger charge is -2.31. The maximum atomic E-state index is 14.9. The molecule has 22 heteroatoms. The molecule has 2 aliphatic heterocycles. The first-order valence-corrected chi connectivity index (χ1v) is 30.8. The Balaban J connectivity index is 1.03. The fraction of sp³-hybridized carbons (Fsp3) is 0.433. The average molecular weight is 1160 g/mol. The molecule has 2 saturated heterocycles. The van der Waals surface area contributed by atoms with Crippen LogP contribution in [0.2, 0.25) is 0 Å². The molecule has 82 heavy (non-hydrogen) atoms. The van der Waals surface area contributed by atoms with E-state index >= 15 is 0 Å². The molecule has 434 valence electrons. The number of carbonyl (C=O) groups is 6. The first-order valence-electron chi connectivity index (χ1n) is 27.8. The number of fused-ring (bicyclic) bond motifs is 2. The molecule has 0 spiro atoms. The number of sulfonamides is 2. The zero-order chi connectivity index (χ0) is 58.6. The second kappa shape index (κ2) is 27.6. The molecule has 2 fully saturated rings. The van der Waals surface area contributed by atoms with Gasteiger partial charge >= 0.3 is 0 Å². The molecule has 4 aliphatic rings. The Bertz CT molecular complexity index is 3130. The summed E-state index contributed by atoms with van der Waals surface area (Å²) < 4.78 is 59.8. The molecular formula is C60H72N10O10S2. The predicted octanol–water partition coefficient (Wildman–Crippen LogP) is 2.24. The minimum absolute atomic E-state index is 0.00939. The summed E-state index contributed by atoms with van der Waals surface area (Å²) in [4.78, 5) is 88.1. The van der Waals surface area contributed by atoms with Crippen LogP contribution in [0.5, 0.6) is 0 Å². The number of aryl methyl sites for hydroxylation is 2. The van der Waals surface area contributed by atoms with Crippen molar-refractivity contribution in [3.05, 3.63) is 131 Å². The molecule has 0 bridgehead atoms. The third kappa shape index (κ3) is 15.0. The fourth-order valence-corrected chi connectivity index (χ4v) is 13.5. The third-order valence-corrected chi connectivity index (χ3v) is 18.7. The van der Waals surface area contributed by atoms with Gasteiger partial charge in [0.25, 0.3) is 0 Å². The molecule has 0 saturated carbocycles. The molecule has 20 nitrogen and oxygen atoms in total. The number of hydrogen-bond acceptors (Lipinski definition) is 12. The average Bonchev–Trinajstić information content (AvgIpc) is 4.32. The Hall–Kier alpha value is -7.44. The van der Waals surface area contributed by atoms with E-state index in [1.807, 2.05) is 48.5 Å². The molecule has 4 aromatic carbocycles. The quantitative estimate of drug-likeness (QED) is 0.0593. The topological polar surface area (TPSA) is 273 Å². The number of nitrogens with one attached hydrogen (secondary N) is 8. The number of likely N-dealkylation sites (N-methyl/N-ethyl adjacent to an activating group) is 2. The number of rotatable bonds is 20. The van der Waals surface area contributed by atoms with Crippen molar-refractivity contribution in [2.75, 3.05) is 27.2 Å². The van der Waals surface area contributed by atoms with Gasteiger partial charge in [-0.15, -0.1) is 0 Å². The van der Waals surface area contributed by atoms with Crippen molar-refractivity contribution in [2.24, 2.45) is 0 Å². The van der Waals surface area contributed by atoms with Gasteiger partial charge in [0.1, 0.15) is 24.2 Å². The largest absolute Gasteiger partial charge is 0.347 e. The molecule has 8 rings (SSSR count). The van der Waals surface area contributed by atoms with E-state index < -0.39 is 104 Å². The smallest absolute Gasteiger partial charge is 0.246 e. The summed E-state index contributed by atoms with van der Waals surface area (Å²) in [6, 6.07) is 22.2. The SMILES string of the molecule is CN[C@@H](C)C(=O)N[C@@H](CC#CC#CC[C@H](NC(=O)[C@H](C)NC)C(=O)N1C[C@@H](NS(=O)(=O)c2ccccc2)C[C@H]1C(=O)N[C@@H]1CCCc2ccccc21)C(=O)N1C[C@@H](NS(=O)(=O)c2ccccc2)C[C@H]1C(=O)N[C@@H]1CCCc2ccccc21. The van der Waals surface area contributed by atoms with Crippen molar-refractivity contribution in [1.82, 2.24) is 51.1 Å². The summed E-state index contributed by atoms with van der Waals surface area (Å²) in [6.07, 6.45) is 3.95. The summed E-state index contributed by atoms with van der Waals surface area (Å²) in [7, 11) is -5.02. The van der Waals surface area contributed by atoms with Gasteiger partial charge in [0.2, 0.25) is 55.5 Å². The van der Waals surface area contributed by atoms with Crippen LogP contribution in [-0.4, -0.2) is 138 Å². The number of nitrogens with zero attached hydrogens (tertiary/aromatic N) is 2. The number of likely N-dealkylation sites (tertiary alicyclic amines) is 2. The van der Waals surface area contributed by atoms with Gasteiger partial charge in [0.15, 0.2) is 0 Å². The van der Waals surface area contributed by atoms with E-state index in [1.165, 1.54) is 34.1 Å². The van der Waals surface area contributed by atoms with Crippen molar-refractivity contribution in [3.8, 4) is 23.7 Å². The van der Waals surface area contributed by atoms with Gasteiger partial charge < -0.3 is 41.7 Å². The Kier molecular flexibility index (Phi) is 20.4. The van der Waals surface area contributed by atoms with E-state index in [1.54, 1.807) is 64.3 Å².